The third-order valence-corrected chi connectivity index (χ3v) is 6.36. The monoisotopic (exact) mass is 391 g/mol. The summed E-state index contributed by atoms with van der Waals surface area (Å²) >= 11 is 0. The van der Waals surface area contributed by atoms with E-state index in [4.69, 9.17) is 0 Å². The molecule has 2 N–H and O–H groups in total. The molecule has 0 unspecified atom stereocenters. The summed E-state index contributed by atoms with van der Waals surface area (Å²) in [6, 6.07) is 4.84. The largest absolute Gasteiger partial charge is 0.273 e. The molecule has 0 bridgehead atoms. The van der Waals surface area contributed by atoms with Crippen molar-refractivity contribution >= 4 is 21.6 Å². The van der Waals surface area contributed by atoms with Crippen molar-refractivity contribution in [3.63, 3.8) is 0 Å². The molecule has 0 aromatic heterocycles. The molecule has 2 aromatic carbocycles. The van der Waals surface area contributed by atoms with Gasteiger partial charge in [-0.05, 0) is 74.6 Å². The van der Waals surface area contributed by atoms with Gasteiger partial charge >= 0.3 is 0 Å². The predicted molar refractivity (Wildman–Crippen MR) is 101 cm³/mol. The highest BCUT2D eigenvalue weighted by atomic mass is 32.2. The Morgan fingerprint density at radius 1 is 0.889 bits per heavy atom. The zero-order valence-corrected chi connectivity index (χ0v) is 16.5. The molecule has 0 fully saturated rings. The summed E-state index contributed by atoms with van der Waals surface area (Å²) in [5, 5.41) is 10.7. The summed E-state index contributed by atoms with van der Waals surface area (Å²) in [7, 11) is -4.00. The first-order chi connectivity index (χ1) is 12.5. The zero-order valence-electron chi connectivity index (χ0n) is 15.7. The molecule has 0 heterocycles. The smallest absolute Gasteiger partial charge is 0.269 e. The number of nitrogens with zero attached hydrogens (tertiary/aromatic N) is 1. The molecular formula is C18H21N3O5S. The summed E-state index contributed by atoms with van der Waals surface area (Å²) in [5.41, 5.74) is 6.09. The van der Waals surface area contributed by atoms with Gasteiger partial charge in [-0.2, -0.15) is 0 Å². The highest BCUT2D eigenvalue weighted by molar-refractivity contribution is 7.89. The summed E-state index contributed by atoms with van der Waals surface area (Å²) in [4.78, 5) is 24.5. The lowest BCUT2D eigenvalue weighted by atomic mass is 9.95. The number of hydrogen-bond acceptors (Lipinski definition) is 5. The summed E-state index contributed by atoms with van der Waals surface area (Å²) in [6.45, 7) is 9.09. The number of hydrogen-bond donors (Lipinski definition) is 2. The van der Waals surface area contributed by atoms with Crippen LogP contribution >= 0.6 is 0 Å². The van der Waals surface area contributed by atoms with Crippen molar-refractivity contribution in [1.82, 2.24) is 10.3 Å². The van der Waals surface area contributed by atoms with Gasteiger partial charge in [-0.25, -0.2) is 8.42 Å². The first kappa shape index (κ1) is 20.5. The lowest BCUT2D eigenvalue weighted by Crippen LogP contribution is -2.42. The van der Waals surface area contributed by atoms with Gasteiger partial charge in [0.25, 0.3) is 21.6 Å². The fourth-order valence-corrected chi connectivity index (χ4v) is 4.28. The van der Waals surface area contributed by atoms with E-state index in [1.54, 1.807) is 13.8 Å². The van der Waals surface area contributed by atoms with Crippen molar-refractivity contribution in [3.8, 4) is 0 Å². The quantitative estimate of drug-likeness (QED) is 0.600. The van der Waals surface area contributed by atoms with E-state index in [0.29, 0.717) is 11.1 Å². The average Bonchev–Trinajstić information content (AvgIpc) is 2.63. The third-order valence-electron chi connectivity index (χ3n) is 4.84. The minimum absolute atomic E-state index is 0.0908. The average molecular weight is 391 g/mol. The number of rotatable bonds is 5. The van der Waals surface area contributed by atoms with Gasteiger partial charge < -0.3 is 0 Å². The molecule has 27 heavy (non-hydrogen) atoms. The van der Waals surface area contributed by atoms with Crippen LogP contribution in [-0.4, -0.2) is 19.2 Å². The van der Waals surface area contributed by atoms with Gasteiger partial charge in [-0.1, -0.05) is 0 Å². The van der Waals surface area contributed by atoms with Gasteiger partial charge in [0.15, 0.2) is 0 Å². The lowest BCUT2D eigenvalue weighted by molar-refractivity contribution is -0.384. The molecule has 0 saturated carbocycles. The number of carbonyl (C=O) groups is 1. The van der Waals surface area contributed by atoms with Crippen molar-refractivity contribution in [2.75, 3.05) is 0 Å². The van der Waals surface area contributed by atoms with Crippen LogP contribution in [0.1, 0.15) is 38.2 Å². The number of benzene rings is 2. The van der Waals surface area contributed by atoms with Gasteiger partial charge in [-0.3, -0.25) is 20.3 Å². The first-order valence-electron chi connectivity index (χ1n) is 8.11. The van der Waals surface area contributed by atoms with Crippen molar-refractivity contribution < 1.29 is 18.1 Å². The standard InChI is InChI=1S/C18H21N3O5S/c1-10-11(2)13(4)17(14(5)12(10)3)27(25,26)20-19-18(22)15-6-8-16(9-7-15)21(23)24/h6-9,20H,1-5H3,(H,19,22). The number of amides is 1. The second-order valence-corrected chi connectivity index (χ2v) is 7.94. The number of nitro groups is 1. The number of nitrogens with one attached hydrogen (secondary N) is 2. The Kier molecular flexibility index (Phi) is 5.67. The number of hydrazine groups is 1. The van der Waals surface area contributed by atoms with Crippen LogP contribution in [0.15, 0.2) is 29.2 Å². The van der Waals surface area contributed by atoms with Crippen LogP contribution in [0.4, 0.5) is 5.69 Å². The van der Waals surface area contributed by atoms with Crippen LogP contribution < -0.4 is 10.3 Å². The van der Waals surface area contributed by atoms with Crippen molar-refractivity contribution in [2.45, 2.75) is 39.5 Å². The van der Waals surface area contributed by atoms with Crippen molar-refractivity contribution in [2.24, 2.45) is 0 Å². The molecule has 0 aliphatic heterocycles. The summed E-state index contributed by atoms with van der Waals surface area (Å²) < 4.78 is 25.5. The highest BCUT2D eigenvalue weighted by Crippen LogP contribution is 2.29. The minimum atomic E-state index is -4.00. The molecule has 9 heteroatoms. The Morgan fingerprint density at radius 3 is 1.78 bits per heavy atom. The Labute approximate surface area is 157 Å². The normalized spacial score (nSPS) is 11.3. The molecule has 0 aliphatic rings. The van der Waals surface area contributed by atoms with Crippen LogP contribution in [-0.2, 0) is 10.0 Å². The third kappa shape index (κ3) is 3.99. The first-order valence-corrected chi connectivity index (χ1v) is 9.59. The molecule has 2 aromatic rings. The maximum absolute atomic E-state index is 12.8. The van der Waals surface area contributed by atoms with E-state index in [9.17, 15) is 23.3 Å². The van der Waals surface area contributed by atoms with E-state index in [2.05, 4.69) is 10.3 Å². The summed E-state index contributed by atoms with van der Waals surface area (Å²) in [5.74, 6) is -0.718. The van der Waals surface area contributed by atoms with Gasteiger partial charge in [0.05, 0.1) is 9.82 Å². The molecular weight excluding hydrogens is 370 g/mol. The predicted octanol–water partition coefficient (Wildman–Crippen LogP) is 2.76. The van der Waals surface area contributed by atoms with Crippen molar-refractivity contribution in [1.29, 1.82) is 0 Å². The number of non-ortho nitro benzene ring substituents is 1. The second-order valence-electron chi connectivity index (χ2n) is 6.32. The molecule has 0 spiro atoms. The summed E-state index contributed by atoms with van der Waals surface area (Å²) in [6.07, 6.45) is 0. The fraction of sp³-hybridized carbons (Fsp3) is 0.278. The molecule has 0 atom stereocenters. The molecule has 1 amide bonds. The Balaban J connectivity index is 2.27. The minimum Gasteiger partial charge on any atom is -0.273 e. The SMILES string of the molecule is Cc1c(C)c(C)c(S(=O)(=O)NNC(=O)c2ccc([N+](=O)[O-])cc2)c(C)c1C. The molecule has 8 nitrogen and oxygen atoms in total. The Hall–Kier alpha value is -2.78. The van der Waals surface area contributed by atoms with Gasteiger partial charge in [0.2, 0.25) is 0 Å². The molecule has 0 saturated heterocycles. The molecule has 144 valence electrons. The van der Waals surface area contributed by atoms with Gasteiger partial charge in [0.1, 0.15) is 0 Å². The van der Waals surface area contributed by atoms with E-state index >= 15 is 0 Å². The number of nitro benzene ring substituents is 1. The number of sulfonamides is 1. The van der Waals surface area contributed by atoms with Crippen LogP contribution in [0.3, 0.4) is 0 Å². The van der Waals surface area contributed by atoms with E-state index in [1.165, 1.54) is 24.3 Å². The molecule has 0 radical (unpaired) electrons. The van der Waals surface area contributed by atoms with Crippen LogP contribution in [0.25, 0.3) is 0 Å². The van der Waals surface area contributed by atoms with Gasteiger partial charge in [0, 0.05) is 17.7 Å². The van der Waals surface area contributed by atoms with Crippen LogP contribution in [0.2, 0.25) is 0 Å². The second kappa shape index (κ2) is 7.45. The maximum atomic E-state index is 12.8. The highest BCUT2D eigenvalue weighted by Gasteiger charge is 2.24. The molecule has 0 aliphatic carbocycles. The maximum Gasteiger partial charge on any atom is 0.269 e. The Bertz CT molecular complexity index is 999. The topological polar surface area (TPSA) is 118 Å². The van der Waals surface area contributed by atoms with E-state index < -0.39 is 20.9 Å². The van der Waals surface area contributed by atoms with Gasteiger partial charge in [-0.15, -0.1) is 4.83 Å². The lowest BCUT2D eigenvalue weighted by Gasteiger charge is -2.19. The Morgan fingerprint density at radius 2 is 1.33 bits per heavy atom. The van der Waals surface area contributed by atoms with Crippen molar-refractivity contribution in [3.05, 3.63) is 67.8 Å². The zero-order chi connectivity index (χ0) is 20.5. The number of carbonyl (C=O) groups excluding carboxylic acids is 1. The van der Waals surface area contributed by atoms with E-state index in [1.807, 2.05) is 20.8 Å². The van der Waals surface area contributed by atoms with E-state index in [0.717, 1.165) is 16.7 Å². The van der Waals surface area contributed by atoms with E-state index in [-0.39, 0.29) is 16.1 Å². The fourth-order valence-electron chi connectivity index (χ4n) is 2.84. The van der Waals surface area contributed by atoms with Crippen LogP contribution in [0, 0.1) is 44.7 Å². The molecule has 2 rings (SSSR count). The van der Waals surface area contributed by atoms with Crippen LogP contribution in [0.5, 0.6) is 0 Å².